The minimum absolute atomic E-state index is 0.505. The third-order valence-corrected chi connectivity index (χ3v) is 4.61. The summed E-state index contributed by atoms with van der Waals surface area (Å²) in [5, 5.41) is 0.572. The van der Waals surface area contributed by atoms with Crippen LogP contribution in [0.2, 0.25) is 5.02 Å². The Balaban J connectivity index is 1.91. The number of nitrogens with two attached hydrogens (primary N) is 1. The molecule has 0 bridgehead atoms. The second-order valence-electron chi connectivity index (χ2n) is 4.32. The Morgan fingerprint density at radius 1 is 1.11 bits per heavy atom. The summed E-state index contributed by atoms with van der Waals surface area (Å²) < 4.78 is 12.2. The third-order valence-electron chi connectivity index (χ3n) is 2.86. The van der Waals surface area contributed by atoms with Crippen molar-refractivity contribution in [3.8, 4) is 0 Å². The van der Waals surface area contributed by atoms with Crippen LogP contribution in [0.15, 0.2) is 53.4 Å². The lowest BCUT2D eigenvalue weighted by Gasteiger charge is -2.06. The Labute approximate surface area is 121 Å². The molecule has 0 aromatic heterocycles. The number of halogens is 1. The maximum atomic E-state index is 12.2. The van der Waals surface area contributed by atoms with Crippen LogP contribution in [0.25, 0.3) is 0 Å². The van der Waals surface area contributed by atoms with E-state index in [1.54, 1.807) is 18.2 Å². The molecule has 4 heteroatoms. The maximum absolute atomic E-state index is 12.2. The molecule has 0 aliphatic carbocycles. The summed E-state index contributed by atoms with van der Waals surface area (Å²) >= 11 is 5.83. The average molecular weight is 294 g/mol. The molecule has 0 spiro atoms. The van der Waals surface area contributed by atoms with E-state index in [4.69, 9.17) is 17.3 Å². The number of hydrogen-bond acceptors (Lipinski definition) is 2. The zero-order valence-corrected chi connectivity index (χ0v) is 12.1. The van der Waals surface area contributed by atoms with Crippen LogP contribution in [0.4, 0.5) is 5.69 Å². The first-order chi connectivity index (χ1) is 9.16. The van der Waals surface area contributed by atoms with Crippen molar-refractivity contribution < 1.29 is 4.21 Å². The van der Waals surface area contributed by atoms with Gasteiger partial charge in [0.2, 0.25) is 0 Å². The summed E-state index contributed by atoms with van der Waals surface area (Å²) in [4.78, 5) is 0.678. The number of hydrogen-bond donors (Lipinski definition) is 1. The number of anilines is 1. The van der Waals surface area contributed by atoms with Crippen molar-refractivity contribution >= 4 is 28.1 Å². The van der Waals surface area contributed by atoms with Crippen LogP contribution in [0.3, 0.4) is 0 Å². The molecule has 1 atom stereocenters. The molecule has 0 saturated carbocycles. The van der Waals surface area contributed by atoms with Crippen molar-refractivity contribution in [2.45, 2.75) is 17.7 Å². The SMILES string of the molecule is Nc1cc(Cl)ccc1S(=O)CCCc1ccccc1. The number of aryl methyl sites for hydroxylation is 1. The normalized spacial score (nSPS) is 12.3. The monoisotopic (exact) mass is 293 g/mol. The van der Waals surface area contributed by atoms with E-state index in [2.05, 4.69) is 12.1 Å². The molecular formula is C15H16ClNOS. The number of rotatable bonds is 5. The summed E-state index contributed by atoms with van der Waals surface area (Å²) in [6, 6.07) is 15.3. The van der Waals surface area contributed by atoms with Gasteiger partial charge in [0.15, 0.2) is 0 Å². The summed E-state index contributed by atoms with van der Waals surface area (Å²) in [7, 11) is -1.06. The van der Waals surface area contributed by atoms with Crippen LogP contribution in [0.5, 0.6) is 0 Å². The number of nitrogen functional groups attached to an aromatic ring is 1. The van der Waals surface area contributed by atoms with Crippen LogP contribution in [0, 0.1) is 0 Å². The predicted octanol–water partition coefficient (Wildman–Crippen LogP) is 3.66. The van der Waals surface area contributed by atoms with Gasteiger partial charge in [-0.15, -0.1) is 0 Å². The first-order valence-electron chi connectivity index (χ1n) is 6.14. The van der Waals surface area contributed by atoms with Crippen molar-refractivity contribution in [1.29, 1.82) is 0 Å². The van der Waals surface area contributed by atoms with Gasteiger partial charge in [-0.3, -0.25) is 4.21 Å². The topological polar surface area (TPSA) is 43.1 Å². The van der Waals surface area contributed by atoms with Crippen molar-refractivity contribution in [1.82, 2.24) is 0 Å². The third kappa shape index (κ3) is 4.08. The molecule has 2 N–H and O–H groups in total. The summed E-state index contributed by atoms with van der Waals surface area (Å²) in [6.07, 6.45) is 1.80. The molecular weight excluding hydrogens is 278 g/mol. The zero-order chi connectivity index (χ0) is 13.7. The van der Waals surface area contributed by atoms with Gasteiger partial charge in [-0.05, 0) is 36.6 Å². The van der Waals surface area contributed by atoms with Crippen molar-refractivity contribution in [2.75, 3.05) is 11.5 Å². The van der Waals surface area contributed by atoms with E-state index in [1.807, 2.05) is 18.2 Å². The lowest BCUT2D eigenvalue weighted by molar-refractivity contribution is 0.680. The molecule has 2 aromatic carbocycles. The molecule has 2 rings (SSSR count). The second-order valence-corrected chi connectivity index (χ2v) is 6.30. The molecule has 0 saturated heterocycles. The van der Waals surface area contributed by atoms with Crippen molar-refractivity contribution in [2.24, 2.45) is 0 Å². The van der Waals surface area contributed by atoms with E-state index in [0.717, 1.165) is 12.8 Å². The van der Waals surface area contributed by atoms with Crippen LogP contribution in [-0.4, -0.2) is 9.96 Å². The quantitative estimate of drug-likeness (QED) is 0.855. The van der Waals surface area contributed by atoms with Gasteiger partial charge in [0.1, 0.15) is 0 Å². The van der Waals surface area contributed by atoms with Gasteiger partial charge in [-0.2, -0.15) is 0 Å². The van der Waals surface area contributed by atoms with E-state index in [1.165, 1.54) is 5.56 Å². The Hall–Kier alpha value is -1.32. The zero-order valence-electron chi connectivity index (χ0n) is 10.5. The highest BCUT2D eigenvalue weighted by atomic mass is 35.5. The van der Waals surface area contributed by atoms with Gasteiger partial charge >= 0.3 is 0 Å². The van der Waals surface area contributed by atoms with Gasteiger partial charge in [0, 0.05) is 16.5 Å². The number of benzene rings is 2. The minimum Gasteiger partial charge on any atom is -0.398 e. The fourth-order valence-corrected chi connectivity index (χ4v) is 3.24. The molecule has 19 heavy (non-hydrogen) atoms. The Kier molecular flexibility index (Phi) is 5.00. The van der Waals surface area contributed by atoms with E-state index in [-0.39, 0.29) is 0 Å². The molecule has 0 radical (unpaired) electrons. The highest BCUT2D eigenvalue weighted by Crippen LogP contribution is 2.21. The van der Waals surface area contributed by atoms with E-state index in [9.17, 15) is 4.21 Å². The van der Waals surface area contributed by atoms with Crippen LogP contribution in [-0.2, 0) is 17.2 Å². The average Bonchev–Trinajstić information content (AvgIpc) is 2.39. The van der Waals surface area contributed by atoms with Gasteiger partial charge < -0.3 is 5.73 Å². The van der Waals surface area contributed by atoms with E-state index in [0.29, 0.717) is 21.4 Å². The van der Waals surface area contributed by atoms with Crippen LogP contribution in [0.1, 0.15) is 12.0 Å². The molecule has 100 valence electrons. The van der Waals surface area contributed by atoms with Crippen molar-refractivity contribution in [3.63, 3.8) is 0 Å². The fraction of sp³-hybridized carbons (Fsp3) is 0.200. The molecule has 2 aromatic rings. The molecule has 0 fully saturated rings. The van der Waals surface area contributed by atoms with E-state index >= 15 is 0 Å². The molecule has 2 nitrogen and oxygen atoms in total. The Bertz CT molecular complexity index is 572. The predicted molar refractivity (Wildman–Crippen MR) is 81.9 cm³/mol. The first-order valence-corrected chi connectivity index (χ1v) is 7.84. The Morgan fingerprint density at radius 2 is 1.84 bits per heavy atom. The molecule has 0 amide bonds. The second kappa shape index (κ2) is 6.73. The molecule has 0 heterocycles. The van der Waals surface area contributed by atoms with Gasteiger partial charge in [0.25, 0.3) is 0 Å². The van der Waals surface area contributed by atoms with Crippen LogP contribution < -0.4 is 5.73 Å². The highest BCUT2D eigenvalue weighted by molar-refractivity contribution is 7.85. The largest absolute Gasteiger partial charge is 0.398 e. The minimum atomic E-state index is -1.06. The van der Waals surface area contributed by atoms with Gasteiger partial charge in [-0.1, -0.05) is 41.9 Å². The first kappa shape index (κ1) is 14.1. The van der Waals surface area contributed by atoms with Crippen molar-refractivity contribution in [3.05, 3.63) is 59.1 Å². The summed E-state index contributed by atoms with van der Waals surface area (Å²) in [5.41, 5.74) is 7.60. The molecule has 0 aliphatic rings. The fourth-order valence-electron chi connectivity index (χ4n) is 1.89. The molecule has 0 aliphatic heterocycles. The van der Waals surface area contributed by atoms with E-state index < -0.39 is 10.8 Å². The van der Waals surface area contributed by atoms with Crippen LogP contribution >= 0.6 is 11.6 Å². The lowest BCUT2D eigenvalue weighted by Crippen LogP contribution is -2.03. The smallest absolute Gasteiger partial charge is 0.0618 e. The Morgan fingerprint density at radius 3 is 2.53 bits per heavy atom. The van der Waals surface area contributed by atoms with Gasteiger partial charge in [0.05, 0.1) is 15.7 Å². The summed E-state index contributed by atoms with van der Waals surface area (Å²) in [6.45, 7) is 0. The highest BCUT2D eigenvalue weighted by Gasteiger charge is 2.08. The lowest BCUT2D eigenvalue weighted by atomic mass is 10.1. The standard InChI is InChI=1S/C15H16ClNOS/c16-13-8-9-15(14(17)11-13)19(18)10-4-7-12-5-2-1-3-6-12/h1-3,5-6,8-9,11H,4,7,10,17H2. The summed E-state index contributed by atoms with van der Waals surface area (Å²) in [5.74, 6) is 0.612. The molecule has 1 unspecified atom stereocenters. The maximum Gasteiger partial charge on any atom is 0.0618 e. The van der Waals surface area contributed by atoms with Gasteiger partial charge in [-0.25, -0.2) is 0 Å².